The Bertz CT molecular complexity index is 1210. The maximum atomic E-state index is 13.6. The fraction of sp³-hybridized carbons (Fsp3) is 0.143. The van der Waals surface area contributed by atoms with Gasteiger partial charge in [0, 0.05) is 42.5 Å². The van der Waals surface area contributed by atoms with Crippen molar-refractivity contribution in [3.05, 3.63) is 77.1 Å². The van der Waals surface area contributed by atoms with Crippen LogP contribution in [0.1, 0.15) is 22.3 Å². The number of anilines is 1. The highest BCUT2D eigenvalue weighted by molar-refractivity contribution is 5.81. The average molecular weight is 388 g/mol. The first-order chi connectivity index (χ1) is 14.2. The molecule has 4 rings (SSSR count). The van der Waals surface area contributed by atoms with Gasteiger partial charge in [-0.25, -0.2) is 19.3 Å². The van der Waals surface area contributed by atoms with Crippen LogP contribution >= 0.6 is 0 Å². The van der Waals surface area contributed by atoms with Crippen molar-refractivity contribution in [1.82, 2.24) is 19.9 Å². The number of pyridine rings is 3. The van der Waals surface area contributed by atoms with Gasteiger partial charge in [-0.2, -0.15) is 5.26 Å². The van der Waals surface area contributed by atoms with E-state index in [0.29, 0.717) is 35.8 Å². The van der Waals surface area contributed by atoms with Crippen LogP contribution in [0.4, 0.5) is 10.2 Å². The van der Waals surface area contributed by atoms with Crippen molar-refractivity contribution < 1.29 is 9.13 Å². The summed E-state index contributed by atoms with van der Waals surface area (Å²) < 4.78 is 18.8. The maximum absolute atomic E-state index is 13.6. The number of halogens is 1. The van der Waals surface area contributed by atoms with Gasteiger partial charge in [0.05, 0.1) is 18.9 Å². The molecule has 7 nitrogen and oxygen atoms in total. The molecule has 0 unspecified atom stereocenters. The number of rotatable bonds is 6. The van der Waals surface area contributed by atoms with Crippen molar-refractivity contribution in [2.24, 2.45) is 0 Å². The Morgan fingerprint density at radius 2 is 2.07 bits per heavy atom. The molecular weight excluding hydrogens is 371 g/mol. The summed E-state index contributed by atoms with van der Waals surface area (Å²) in [6.07, 6.45) is 6.83. The molecular formula is C21H17FN6O. The lowest BCUT2D eigenvalue weighted by Gasteiger charge is -2.12. The molecule has 144 valence electrons. The number of nitrogens with one attached hydrogen (secondary N) is 2. The number of nitriles is 1. The second-order valence-corrected chi connectivity index (χ2v) is 6.41. The van der Waals surface area contributed by atoms with Gasteiger partial charge in [-0.3, -0.25) is 0 Å². The molecule has 0 aliphatic carbocycles. The Hall–Kier alpha value is -3.99. The second kappa shape index (κ2) is 7.94. The topological polar surface area (TPSA) is 99.5 Å². The van der Waals surface area contributed by atoms with Crippen LogP contribution in [0.5, 0.6) is 5.88 Å². The zero-order chi connectivity index (χ0) is 20.2. The van der Waals surface area contributed by atoms with Gasteiger partial charge in [0.1, 0.15) is 23.4 Å². The van der Waals surface area contributed by atoms with Crippen molar-refractivity contribution in [2.45, 2.75) is 13.0 Å². The number of ether oxygens (including phenoxy) is 1. The van der Waals surface area contributed by atoms with Crippen LogP contribution in [0, 0.1) is 17.1 Å². The van der Waals surface area contributed by atoms with Gasteiger partial charge in [-0.15, -0.1) is 0 Å². The van der Waals surface area contributed by atoms with E-state index in [1.807, 2.05) is 24.4 Å². The number of hydrogen-bond donors (Lipinski definition) is 2. The van der Waals surface area contributed by atoms with Crippen LogP contribution in [0.2, 0.25) is 0 Å². The van der Waals surface area contributed by atoms with Crippen LogP contribution < -0.4 is 10.1 Å². The van der Waals surface area contributed by atoms with Crippen molar-refractivity contribution in [3.8, 4) is 11.9 Å². The van der Waals surface area contributed by atoms with E-state index in [-0.39, 0.29) is 0 Å². The fourth-order valence-corrected chi connectivity index (χ4v) is 3.17. The molecule has 4 aromatic heterocycles. The van der Waals surface area contributed by atoms with Crippen LogP contribution in [-0.4, -0.2) is 27.0 Å². The second-order valence-electron chi connectivity index (χ2n) is 6.41. The molecule has 4 heterocycles. The summed E-state index contributed by atoms with van der Waals surface area (Å²) in [6.45, 7) is 0.311. The summed E-state index contributed by atoms with van der Waals surface area (Å²) in [5.41, 5.74) is 3.80. The van der Waals surface area contributed by atoms with Gasteiger partial charge in [-0.05, 0) is 29.3 Å². The molecule has 0 amide bonds. The lowest BCUT2D eigenvalue weighted by atomic mass is 10.0. The quantitative estimate of drug-likeness (QED) is 0.524. The molecule has 0 saturated carbocycles. The van der Waals surface area contributed by atoms with Crippen molar-refractivity contribution >= 4 is 16.9 Å². The number of aromatic amines is 1. The molecule has 0 aliphatic rings. The van der Waals surface area contributed by atoms with Crippen LogP contribution in [0.15, 0.2) is 49.1 Å². The normalized spacial score (nSPS) is 10.7. The lowest BCUT2D eigenvalue weighted by Crippen LogP contribution is -2.07. The van der Waals surface area contributed by atoms with Gasteiger partial charge in [0.2, 0.25) is 5.88 Å². The fourth-order valence-electron chi connectivity index (χ4n) is 3.17. The van der Waals surface area contributed by atoms with E-state index in [1.54, 1.807) is 12.4 Å². The average Bonchev–Trinajstić information content (AvgIpc) is 3.15. The third kappa shape index (κ3) is 3.84. The zero-order valence-electron chi connectivity index (χ0n) is 15.6. The summed E-state index contributed by atoms with van der Waals surface area (Å²) >= 11 is 0. The molecule has 0 radical (unpaired) electrons. The molecule has 0 aromatic carbocycles. The number of fused-ring (bicyclic) bond motifs is 1. The Balaban J connectivity index is 1.60. The van der Waals surface area contributed by atoms with E-state index in [1.165, 1.54) is 13.2 Å². The third-order valence-electron chi connectivity index (χ3n) is 4.55. The van der Waals surface area contributed by atoms with Crippen molar-refractivity contribution in [3.63, 3.8) is 0 Å². The van der Waals surface area contributed by atoms with Crippen molar-refractivity contribution in [1.29, 1.82) is 5.26 Å². The number of methoxy groups -OCH3 is 1. The first-order valence-electron chi connectivity index (χ1n) is 8.90. The summed E-state index contributed by atoms with van der Waals surface area (Å²) in [5.74, 6) is 0.615. The highest BCUT2D eigenvalue weighted by atomic mass is 19.1. The van der Waals surface area contributed by atoms with Gasteiger partial charge in [-0.1, -0.05) is 6.07 Å². The van der Waals surface area contributed by atoms with E-state index in [4.69, 9.17) is 10.00 Å². The first kappa shape index (κ1) is 18.4. The molecule has 0 atom stereocenters. The number of aromatic nitrogens is 4. The molecule has 0 fully saturated rings. The predicted molar refractivity (Wildman–Crippen MR) is 106 cm³/mol. The van der Waals surface area contributed by atoms with Gasteiger partial charge < -0.3 is 15.0 Å². The zero-order valence-corrected chi connectivity index (χ0v) is 15.6. The molecule has 0 spiro atoms. The minimum atomic E-state index is -0.427. The number of hydrogen-bond acceptors (Lipinski definition) is 6. The highest BCUT2D eigenvalue weighted by Gasteiger charge is 2.12. The van der Waals surface area contributed by atoms with Gasteiger partial charge in [0.25, 0.3) is 0 Å². The molecule has 2 N–H and O–H groups in total. The van der Waals surface area contributed by atoms with E-state index in [2.05, 4.69) is 31.3 Å². The third-order valence-corrected chi connectivity index (χ3v) is 4.55. The highest BCUT2D eigenvalue weighted by Crippen LogP contribution is 2.24. The smallest absolute Gasteiger partial charge is 0.218 e. The Labute approximate surface area is 166 Å². The summed E-state index contributed by atoms with van der Waals surface area (Å²) in [4.78, 5) is 15.8. The number of nitrogens with zero attached hydrogens (tertiary/aromatic N) is 4. The standard InChI is InChI=1S/C21H17FN6O/c1-29-21-16(7-17(22)12-28-21)11-26-19-14(3-2-4-24-19)6-15-10-27-20-18(15)5-13(8-23)9-25-20/h2-5,7,9-10,12H,6,11H2,1H3,(H,24,26)(H,25,27). The molecule has 8 heteroatoms. The Morgan fingerprint density at radius 1 is 1.17 bits per heavy atom. The minimum Gasteiger partial charge on any atom is -0.481 e. The van der Waals surface area contributed by atoms with E-state index in [0.717, 1.165) is 28.4 Å². The largest absolute Gasteiger partial charge is 0.481 e. The molecule has 4 aromatic rings. The predicted octanol–water partition coefficient (Wildman–Crippen LogP) is 3.58. The van der Waals surface area contributed by atoms with Gasteiger partial charge >= 0.3 is 0 Å². The summed E-state index contributed by atoms with van der Waals surface area (Å²) in [5, 5.41) is 13.3. The van der Waals surface area contributed by atoms with Gasteiger partial charge in [0.15, 0.2) is 0 Å². The monoisotopic (exact) mass is 388 g/mol. The lowest BCUT2D eigenvalue weighted by molar-refractivity contribution is 0.391. The minimum absolute atomic E-state index is 0.311. The first-order valence-corrected chi connectivity index (χ1v) is 8.90. The number of H-pyrrole nitrogens is 1. The Kier molecular flexibility index (Phi) is 5.03. The van der Waals surface area contributed by atoms with Crippen LogP contribution in [0.25, 0.3) is 11.0 Å². The molecule has 0 saturated heterocycles. The molecule has 0 aliphatic heterocycles. The Morgan fingerprint density at radius 3 is 2.90 bits per heavy atom. The van der Waals surface area contributed by atoms with Crippen LogP contribution in [0.3, 0.4) is 0 Å². The summed E-state index contributed by atoms with van der Waals surface area (Å²) in [7, 11) is 1.50. The van der Waals surface area contributed by atoms with E-state index in [9.17, 15) is 4.39 Å². The van der Waals surface area contributed by atoms with Crippen LogP contribution in [-0.2, 0) is 13.0 Å². The van der Waals surface area contributed by atoms with E-state index >= 15 is 0 Å². The SMILES string of the molecule is COc1ncc(F)cc1CNc1ncccc1Cc1c[nH]c2ncc(C#N)cc12. The molecule has 29 heavy (non-hydrogen) atoms. The van der Waals surface area contributed by atoms with Crippen molar-refractivity contribution in [2.75, 3.05) is 12.4 Å². The summed E-state index contributed by atoms with van der Waals surface area (Å²) in [6, 6.07) is 9.15. The maximum Gasteiger partial charge on any atom is 0.218 e. The molecule has 0 bridgehead atoms. The van der Waals surface area contributed by atoms with E-state index < -0.39 is 5.82 Å².